The Kier molecular flexibility index (Phi) is 6.92. The molecule has 0 aliphatic heterocycles. The van der Waals surface area contributed by atoms with Gasteiger partial charge in [0, 0.05) is 20.0 Å². The molecule has 0 fully saturated rings. The number of hydrogen-bond acceptors (Lipinski definition) is 4. The molecule has 0 spiro atoms. The van der Waals surface area contributed by atoms with E-state index in [1.54, 1.807) is 6.07 Å². The van der Waals surface area contributed by atoms with Crippen molar-refractivity contribution in [3.8, 4) is 5.75 Å². The Morgan fingerprint density at radius 3 is 2.48 bits per heavy atom. The van der Waals surface area contributed by atoms with E-state index in [9.17, 15) is 17.6 Å². The van der Waals surface area contributed by atoms with Gasteiger partial charge in [-0.2, -0.15) is 0 Å². The first-order valence-corrected chi connectivity index (χ1v) is 9.84. The van der Waals surface area contributed by atoms with Crippen molar-refractivity contribution >= 4 is 21.6 Å². The van der Waals surface area contributed by atoms with Crippen molar-refractivity contribution in [1.82, 2.24) is 4.31 Å². The number of sulfonamides is 1. The summed E-state index contributed by atoms with van der Waals surface area (Å²) in [6.07, 6.45) is 0.497. The molecule has 0 radical (unpaired) electrons. The first kappa shape index (κ1) is 20.9. The summed E-state index contributed by atoms with van der Waals surface area (Å²) < 4.78 is 44.2. The summed E-state index contributed by atoms with van der Waals surface area (Å²) in [5.41, 5.74) is 1.56. The highest BCUT2D eigenvalue weighted by molar-refractivity contribution is 7.89. The van der Waals surface area contributed by atoms with Crippen LogP contribution in [0.3, 0.4) is 0 Å². The van der Waals surface area contributed by atoms with Gasteiger partial charge in [-0.15, -0.1) is 0 Å². The van der Waals surface area contributed by atoms with Gasteiger partial charge in [-0.25, -0.2) is 17.1 Å². The zero-order chi connectivity index (χ0) is 20.0. The highest BCUT2D eigenvalue weighted by Crippen LogP contribution is 2.25. The largest absolute Gasteiger partial charge is 0.495 e. The Bertz CT molecular complexity index is 898. The third-order valence-corrected chi connectivity index (χ3v) is 5.90. The number of halogens is 1. The minimum Gasteiger partial charge on any atom is -0.495 e. The Morgan fingerprint density at radius 2 is 1.85 bits per heavy atom. The number of aryl methyl sites for hydroxylation is 1. The number of carbonyl (C=O) groups excluding carboxylic acids is 1. The molecule has 146 valence electrons. The number of amides is 1. The fraction of sp³-hybridized carbons (Fsp3) is 0.316. The Balaban J connectivity index is 1.91. The van der Waals surface area contributed by atoms with Crippen molar-refractivity contribution in [2.45, 2.75) is 24.7 Å². The number of methoxy groups -OCH3 is 1. The molecule has 0 aromatic heterocycles. The Morgan fingerprint density at radius 1 is 1.19 bits per heavy atom. The zero-order valence-electron chi connectivity index (χ0n) is 15.5. The summed E-state index contributed by atoms with van der Waals surface area (Å²) in [6.45, 7) is 2.07. The summed E-state index contributed by atoms with van der Waals surface area (Å²) in [7, 11) is -0.760. The molecular formula is C19H23FN2O4S. The van der Waals surface area contributed by atoms with E-state index in [0.717, 1.165) is 22.0 Å². The van der Waals surface area contributed by atoms with Crippen LogP contribution in [-0.4, -0.2) is 39.3 Å². The molecule has 0 bridgehead atoms. The summed E-state index contributed by atoms with van der Waals surface area (Å²) in [6, 6.07) is 10.1. The predicted molar refractivity (Wildman–Crippen MR) is 102 cm³/mol. The second kappa shape index (κ2) is 8.96. The van der Waals surface area contributed by atoms with Gasteiger partial charge in [0.2, 0.25) is 15.9 Å². The van der Waals surface area contributed by atoms with E-state index in [4.69, 9.17) is 4.74 Å². The molecule has 6 nitrogen and oxygen atoms in total. The van der Waals surface area contributed by atoms with Crippen LogP contribution in [0, 0.1) is 12.7 Å². The van der Waals surface area contributed by atoms with Crippen LogP contribution in [-0.2, 0) is 14.8 Å². The van der Waals surface area contributed by atoms with Crippen molar-refractivity contribution in [2.75, 3.05) is 26.0 Å². The lowest BCUT2D eigenvalue weighted by Gasteiger charge is -2.17. The van der Waals surface area contributed by atoms with E-state index in [0.29, 0.717) is 17.9 Å². The second-order valence-electron chi connectivity index (χ2n) is 6.14. The summed E-state index contributed by atoms with van der Waals surface area (Å²) in [5.74, 6) is -0.170. The van der Waals surface area contributed by atoms with Crippen LogP contribution in [0.25, 0.3) is 0 Å². The number of carbonyl (C=O) groups is 1. The molecule has 27 heavy (non-hydrogen) atoms. The molecule has 0 saturated heterocycles. The number of hydrogen-bond donors (Lipinski definition) is 1. The fourth-order valence-electron chi connectivity index (χ4n) is 2.50. The van der Waals surface area contributed by atoms with Gasteiger partial charge in [0.15, 0.2) is 0 Å². The lowest BCUT2D eigenvalue weighted by molar-refractivity contribution is -0.116. The van der Waals surface area contributed by atoms with Crippen molar-refractivity contribution in [1.29, 1.82) is 0 Å². The lowest BCUT2D eigenvalue weighted by Crippen LogP contribution is -2.28. The first-order chi connectivity index (χ1) is 12.7. The molecule has 0 unspecified atom stereocenters. The van der Waals surface area contributed by atoms with Gasteiger partial charge in [0.1, 0.15) is 11.6 Å². The highest BCUT2D eigenvalue weighted by Gasteiger charge is 2.20. The third-order valence-electron chi connectivity index (χ3n) is 4.03. The molecule has 8 heteroatoms. The van der Waals surface area contributed by atoms with Crippen LogP contribution < -0.4 is 10.1 Å². The molecule has 0 atom stereocenters. The fourth-order valence-corrected chi connectivity index (χ4v) is 3.71. The predicted octanol–water partition coefficient (Wildman–Crippen LogP) is 3.18. The van der Waals surface area contributed by atoms with E-state index in [1.165, 1.54) is 26.3 Å². The number of ether oxygens (including phenoxy) is 1. The Hall–Kier alpha value is -2.45. The molecule has 2 rings (SSSR count). The molecule has 2 aromatic rings. The number of nitrogens with zero attached hydrogens (tertiary/aromatic N) is 1. The van der Waals surface area contributed by atoms with Gasteiger partial charge in [-0.05, 0) is 55.3 Å². The average molecular weight is 394 g/mol. The van der Waals surface area contributed by atoms with Crippen molar-refractivity contribution in [2.24, 2.45) is 0 Å². The molecular weight excluding hydrogens is 371 g/mol. The smallest absolute Gasteiger partial charge is 0.242 e. The summed E-state index contributed by atoms with van der Waals surface area (Å²) in [4.78, 5) is 12.2. The maximum atomic E-state index is 13.0. The Labute approximate surface area is 159 Å². The highest BCUT2D eigenvalue weighted by atomic mass is 32.2. The molecule has 0 aliphatic carbocycles. The average Bonchev–Trinajstić information content (AvgIpc) is 2.62. The maximum absolute atomic E-state index is 13.0. The zero-order valence-corrected chi connectivity index (χ0v) is 16.3. The molecule has 2 aromatic carbocycles. The topological polar surface area (TPSA) is 75.7 Å². The van der Waals surface area contributed by atoms with Gasteiger partial charge < -0.3 is 10.1 Å². The normalized spacial score (nSPS) is 11.4. The van der Waals surface area contributed by atoms with Crippen LogP contribution in [0.4, 0.5) is 10.1 Å². The van der Waals surface area contributed by atoms with E-state index in [1.807, 2.05) is 19.1 Å². The second-order valence-corrected chi connectivity index (χ2v) is 8.18. The molecule has 0 aliphatic rings. The molecule has 0 heterocycles. The van der Waals surface area contributed by atoms with E-state index in [-0.39, 0.29) is 23.8 Å². The quantitative estimate of drug-likeness (QED) is 0.746. The number of rotatable bonds is 8. The number of benzene rings is 2. The van der Waals surface area contributed by atoms with Gasteiger partial charge in [-0.1, -0.05) is 6.07 Å². The maximum Gasteiger partial charge on any atom is 0.242 e. The molecule has 0 saturated carbocycles. The van der Waals surface area contributed by atoms with Crippen molar-refractivity contribution < 1.29 is 22.3 Å². The minimum atomic E-state index is -3.71. The summed E-state index contributed by atoms with van der Waals surface area (Å²) >= 11 is 0. The van der Waals surface area contributed by atoms with Crippen molar-refractivity contribution in [3.63, 3.8) is 0 Å². The van der Waals surface area contributed by atoms with Gasteiger partial charge in [0.25, 0.3) is 0 Å². The van der Waals surface area contributed by atoms with E-state index < -0.39 is 15.8 Å². The lowest BCUT2D eigenvalue weighted by atomic mass is 10.2. The SMILES string of the molecule is COc1ccc(C)cc1NC(=O)CCCN(C)S(=O)(=O)c1ccc(F)cc1. The van der Waals surface area contributed by atoms with E-state index >= 15 is 0 Å². The van der Waals surface area contributed by atoms with Gasteiger partial charge >= 0.3 is 0 Å². The monoisotopic (exact) mass is 394 g/mol. The van der Waals surface area contributed by atoms with Crippen molar-refractivity contribution in [3.05, 3.63) is 53.8 Å². The van der Waals surface area contributed by atoms with Crippen LogP contribution in [0.2, 0.25) is 0 Å². The molecule has 1 amide bonds. The van der Waals surface area contributed by atoms with Crippen LogP contribution in [0.1, 0.15) is 18.4 Å². The molecule has 1 N–H and O–H groups in total. The third kappa shape index (κ3) is 5.51. The van der Waals surface area contributed by atoms with Gasteiger partial charge in [-0.3, -0.25) is 4.79 Å². The van der Waals surface area contributed by atoms with Gasteiger partial charge in [0.05, 0.1) is 17.7 Å². The van der Waals surface area contributed by atoms with Crippen LogP contribution in [0.5, 0.6) is 5.75 Å². The minimum absolute atomic E-state index is 0.0142. The number of nitrogens with one attached hydrogen (secondary N) is 1. The van der Waals surface area contributed by atoms with Crippen LogP contribution in [0.15, 0.2) is 47.4 Å². The summed E-state index contributed by atoms with van der Waals surface area (Å²) in [5, 5.41) is 2.78. The number of anilines is 1. The first-order valence-electron chi connectivity index (χ1n) is 8.40. The standard InChI is InChI=1S/C19H23FN2O4S/c1-14-6-11-18(26-3)17(13-14)21-19(23)5-4-12-22(2)27(24,25)16-9-7-15(20)8-10-16/h6-11,13H,4-5,12H2,1-3H3,(H,21,23). The van der Waals surface area contributed by atoms with Crippen LogP contribution >= 0.6 is 0 Å². The van der Waals surface area contributed by atoms with E-state index in [2.05, 4.69) is 5.32 Å².